The van der Waals surface area contributed by atoms with Gasteiger partial charge in [-0.2, -0.15) is 0 Å². The average Bonchev–Trinajstić information content (AvgIpc) is 2.94. The van der Waals surface area contributed by atoms with Crippen LogP contribution in [0.15, 0.2) is 52.9 Å². The van der Waals surface area contributed by atoms with E-state index in [0.29, 0.717) is 11.0 Å². The van der Waals surface area contributed by atoms with Crippen molar-refractivity contribution in [3.05, 3.63) is 63.0 Å². The highest BCUT2D eigenvalue weighted by atomic mass is 79.9. The maximum Gasteiger partial charge on any atom is 0.280 e. The van der Waals surface area contributed by atoms with Crippen molar-refractivity contribution < 1.29 is 13.3 Å². The van der Waals surface area contributed by atoms with Gasteiger partial charge in [0, 0.05) is 23.9 Å². The predicted octanol–water partition coefficient (Wildman–Crippen LogP) is 2.82. The molecule has 3 rings (SSSR count). The zero-order valence-electron chi connectivity index (χ0n) is 12.0. The Labute approximate surface area is 140 Å². The number of hydrogen-bond donors (Lipinski definition) is 0. The van der Waals surface area contributed by atoms with Gasteiger partial charge in [0.05, 0.1) is 9.41 Å². The van der Waals surface area contributed by atoms with E-state index in [1.807, 2.05) is 0 Å². The fourth-order valence-corrected chi connectivity index (χ4v) is 4.52. The highest BCUT2D eigenvalue weighted by Gasteiger charge is 2.43. The molecule has 9 heteroatoms. The molecule has 0 spiro atoms. The molecule has 1 aliphatic rings. The van der Waals surface area contributed by atoms with Gasteiger partial charge in [-0.1, -0.05) is 6.08 Å². The summed E-state index contributed by atoms with van der Waals surface area (Å²) in [5.74, 6) is 0. The van der Waals surface area contributed by atoms with Crippen LogP contribution in [0, 0.1) is 10.1 Å². The third kappa shape index (κ3) is 2.40. The van der Waals surface area contributed by atoms with Crippen LogP contribution in [-0.2, 0) is 10.0 Å². The van der Waals surface area contributed by atoms with E-state index >= 15 is 0 Å². The van der Waals surface area contributed by atoms with E-state index in [9.17, 15) is 18.5 Å². The Morgan fingerprint density at radius 1 is 1.43 bits per heavy atom. The summed E-state index contributed by atoms with van der Waals surface area (Å²) in [6, 6.07) is 5.12. The molecule has 0 amide bonds. The number of pyridine rings is 1. The van der Waals surface area contributed by atoms with E-state index < -0.39 is 19.7 Å². The minimum Gasteiger partial charge on any atom is -0.258 e. The number of rotatable bonds is 3. The molecule has 2 aromatic heterocycles. The Hall–Kier alpha value is -2.00. The van der Waals surface area contributed by atoms with Gasteiger partial charge in [-0.25, -0.2) is 17.4 Å². The first kappa shape index (κ1) is 15.9. The summed E-state index contributed by atoms with van der Waals surface area (Å²) in [4.78, 5) is 14.6. The standard InChI is InChI=1S/C14H12BrN3O4S/c1-14(6-4-11(15)12(9-14)18(19)20)23(21,22)17-8-5-10-3-2-7-16-13(10)17/h2-5,7-9H,6H2,1H3. The molecule has 1 unspecified atom stereocenters. The Kier molecular flexibility index (Phi) is 3.64. The van der Waals surface area contributed by atoms with E-state index in [4.69, 9.17) is 0 Å². The van der Waals surface area contributed by atoms with Crippen LogP contribution >= 0.6 is 15.9 Å². The van der Waals surface area contributed by atoms with E-state index in [1.165, 1.54) is 31.5 Å². The number of allylic oxidation sites excluding steroid dienone is 2. The Balaban J connectivity index is 2.18. The summed E-state index contributed by atoms with van der Waals surface area (Å²) >= 11 is 3.10. The third-order valence-corrected chi connectivity index (χ3v) is 6.84. The van der Waals surface area contributed by atoms with Crippen LogP contribution in [0.1, 0.15) is 13.3 Å². The first-order valence-corrected chi connectivity index (χ1v) is 8.90. The van der Waals surface area contributed by atoms with Crippen molar-refractivity contribution in [3.8, 4) is 0 Å². The summed E-state index contributed by atoms with van der Waals surface area (Å²) in [6.45, 7) is 1.47. The summed E-state index contributed by atoms with van der Waals surface area (Å²) in [7, 11) is -3.93. The molecular formula is C14H12BrN3O4S. The van der Waals surface area contributed by atoms with Gasteiger partial charge in [0.25, 0.3) is 5.70 Å². The molecule has 23 heavy (non-hydrogen) atoms. The maximum atomic E-state index is 13.1. The fraction of sp³-hybridized carbons (Fsp3) is 0.214. The molecule has 0 aromatic carbocycles. The highest BCUT2D eigenvalue weighted by Crippen LogP contribution is 2.36. The van der Waals surface area contributed by atoms with Crippen molar-refractivity contribution in [3.63, 3.8) is 0 Å². The van der Waals surface area contributed by atoms with Crippen LogP contribution in [-0.4, -0.2) is 27.0 Å². The minimum absolute atomic E-state index is 0.125. The van der Waals surface area contributed by atoms with E-state index in [1.54, 1.807) is 18.2 Å². The lowest BCUT2D eigenvalue weighted by atomic mass is 10.0. The van der Waals surface area contributed by atoms with Crippen LogP contribution in [0.3, 0.4) is 0 Å². The van der Waals surface area contributed by atoms with Crippen LogP contribution < -0.4 is 0 Å². The topological polar surface area (TPSA) is 95.1 Å². The summed E-state index contributed by atoms with van der Waals surface area (Å²) in [5.41, 5.74) is 0.0464. The van der Waals surface area contributed by atoms with Gasteiger partial charge in [-0.05, 0) is 47.5 Å². The van der Waals surface area contributed by atoms with Gasteiger partial charge in [-0.15, -0.1) is 0 Å². The second kappa shape index (κ2) is 5.27. The van der Waals surface area contributed by atoms with Crippen molar-refractivity contribution in [2.24, 2.45) is 0 Å². The van der Waals surface area contributed by atoms with Crippen molar-refractivity contribution >= 4 is 37.0 Å². The lowest BCUT2D eigenvalue weighted by Crippen LogP contribution is -2.39. The number of halogens is 1. The Morgan fingerprint density at radius 2 is 2.17 bits per heavy atom. The van der Waals surface area contributed by atoms with E-state index in [2.05, 4.69) is 20.9 Å². The first-order valence-electron chi connectivity index (χ1n) is 6.67. The van der Waals surface area contributed by atoms with Gasteiger partial charge in [0.15, 0.2) is 5.65 Å². The molecule has 2 aromatic rings. The highest BCUT2D eigenvalue weighted by molar-refractivity contribution is 9.11. The Bertz CT molecular complexity index is 977. The molecule has 2 heterocycles. The molecule has 1 aliphatic carbocycles. The normalized spacial score (nSPS) is 21.8. The van der Waals surface area contributed by atoms with Gasteiger partial charge < -0.3 is 0 Å². The molecule has 0 N–H and O–H groups in total. The largest absolute Gasteiger partial charge is 0.280 e. The average molecular weight is 398 g/mol. The zero-order chi connectivity index (χ0) is 16.8. The Morgan fingerprint density at radius 3 is 2.87 bits per heavy atom. The van der Waals surface area contributed by atoms with Crippen molar-refractivity contribution in [1.29, 1.82) is 0 Å². The summed E-state index contributed by atoms with van der Waals surface area (Å²) in [6.07, 6.45) is 5.74. The molecular weight excluding hydrogens is 386 g/mol. The van der Waals surface area contributed by atoms with Crippen LogP contribution in [0.25, 0.3) is 11.0 Å². The van der Waals surface area contributed by atoms with Gasteiger partial charge in [0.1, 0.15) is 4.75 Å². The van der Waals surface area contributed by atoms with Crippen LogP contribution in [0.5, 0.6) is 0 Å². The molecule has 7 nitrogen and oxygen atoms in total. The monoisotopic (exact) mass is 397 g/mol. The van der Waals surface area contributed by atoms with Crippen molar-refractivity contribution in [2.45, 2.75) is 18.1 Å². The quantitative estimate of drug-likeness (QED) is 0.585. The molecule has 0 fully saturated rings. The maximum absolute atomic E-state index is 13.1. The smallest absolute Gasteiger partial charge is 0.258 e. The SMILES string of the molecule is CC1(S(=O)(=O)n2ccc3cccnc32)C=C([N+](=O)[O-])C(Br)=CC1. The second-order valence-electron chi connectivity index (χ2n) is 5.39. The number of nitro groups is 1. The number of hydrogen-bond acceptors (Lipinski definition) is 5. The molecule has 0 radical (unpaired) electrons. The van der Waals surface area contributed by atoms with Crippen LogP contribution in [0.4, 0.5) is 0 Å². The molecule has 0 saturated carbocycles. The minimum atomic E-state index is -3.93. The summed E-state index contributed by atoms with van der Waals surface area (Å²) < 4.78 is 26.1. The van der Waals surface area contributed by atoms with E-state index in [0.717, 1.165) is 3.97 Å². The number of fused-ring (bicyclic) bond motifs is 1. The molecule has 120 valence electrons. The third-order valence-electron chi connectivity index (χ3n) is 3.83. The van der Waals surface area contributed by atoms with Gasteiger partial charge in [-0.3, -0.25) is 10.1 Å². The predicted molar refractivity (Wildman–Crippen MR) is 89.2 cm³/mol. The molecule has 0 aliphatic heterocycles. The number of aromatic nitrogens is 2. The fourth-order valence-electron chi connectivity index (χ4n) is 2.49. The molecule has 1 atom stereocenters. The van der Waals surface area contributed by atoms with Gasteiger partial charge >= 0.3 is 0 Å². The first-order chi connectivity index (χ1) is 10.8. The zero-order valence-corrected chi connectivity index (χ0v) is 14.4. The van der Waals surface area contributed by atoms with E-state index in [-0.39, 0.29) is 16.6 Å². The second-order valence-corrected chi connectivity index (χ2v) is 8.52. The summed E-state index contributed by atoms with van der Waals surface area (Å²) in [5, 5.41) is 11.8. The van der Waals surface area contributed by atoms with Crippen molar-refractivity contribution in [2.75, 3.05) is 0 Å². The number of nitrogens with zero attached hydrogens (tertiary/aromatic N) is 3. The van der Waals surface area contributed by atoms with Gasteiger partial charge in [0.2, 0.25) is 10.0 Å². The lowest BCUT2D eigenvalue weighted by molar-refractivity contribution is -0.420. The molecule has 0 bridgehead atoms. The lowest BCUT2D eigenvalue weighted by Gasteiger charge is -2.27. The molecule has 0 saturated heterocycles. The van der Waals surface area contributed by atoms with Crippen molar-refractivity contribution in [1.82, 2.24) is 8.96 Å². The van der Waals surface area contributed by atoms with Crippen LogP contribution in [0.2, 0.25) is 0 Å².